The molecule has 3 aromatic rings. The molecular weight excluding hydrogens is 376 g/mol. The number of aryl methyl sites for hydroxylation is 1. The number of carbonyl (C=O) groups is 2. The number of benzene rings is 2. The Balaban J connectivity index is 1.22. The van der Waals surface area contributed by atoms with Crippen LogP contribution in [0.1, 0.15) is 19.3 Å². The second-order valence-electron chi connectivity index (χ2n) is 7.79. The lowest BCUT2D eigenvalue weighted by molar-refractivity contribution is -0.126. The predicted octanol–water partition coefficient (Wildman–Crippen LogP) is 4.09. The van der Waals surface area contributed by atoms with Gasteiger partial charge in [-0.25, -0.2) is 4.79 Å². The number of rotatable bonds is 6. The number of hydrogen-bond donors (Lipinski definition) is 2. The van der Waals surface area contributed by atoms with E-state index in [0.29, 0.717) is 19.6 Å². The van der Waals surface area contributed by atoms with E-state index in [9.17, 15) is 9.59 Å². The van der Waals surface area contributed by atoms with Crippen LogP contribution >= 0.6 is 0 Å². The fourth-order valence-electron chi connectivity index (χ4n) is 4.04. The van der Waals surface area contributed by atoms with E-state index in [2.05, 4.69) is 39.6 Å². The van der Waals surface area contributed by atoms with E-state index >= 15 is 0 Å². The van der Waals surface area contributed by atoms with Crippen molar-refractivity contribution < 1.29 is 9.59 Å². The van der Waals surface area contributed by atoms with Crippen molar-refractivity contribution in [1.29, 1.82) is 0 Å². The molecule has 1 fully saturated rings. The molecule has 0 saturated carbocycles. The van der Waals surface area contributed by atoms with Crippen molar-refractivity contribution >= 4 is 28.5 Å². The summed E-state index contributed by atoms with van der Waals surface area (Å²) < 4.78 is 2.22. The lowest BCUT2D eigenvalue weighted by atomic mass is 9.97. The monoisotopic (exact) mass is 404 g/mol. The van der Waals surface area contributed by atoms with Gasteiger partial charge in [-0.05, 0) is 48.9 Å². The van der Waals surface area contributed by atoms with E-state index in [1.807, 2.05) is 42.5 Å². The maximum atomic E-state index is 12.6. The molecule has 1 saturated heterocycles. The maximum absolute atomic E-state index is 12.6. The topological polar surface area (TPSA) is 66.4 Å². The normalized spacial score (nSPS) is 16.4. The Hall–Kier alpha value is -3.28. The highest BCUT2D eigenvalue weighted by atomic mass is 16.2. The minimum absolute atomic E-state index is 0.0459. The van der Waals surface area contributed by atoms with E-state index in [0.717, 1.165) is 31.5 Å². The van der Waals surface area contributed by atoms with Crippen molar-refractivity contribution in [3.8, 4) is 0 Å². The number of nitrogens with zero attached hydrogens (tertiary/aromatic N) is 2. The van der Waals surface area contributed by atoms with Crippen molar-refractivity contribution in [1.82, 2.24) is 14.8 Å². The number of piperidine rings is 1. The van der Waals surface area contributed by atoms with Crippen molar-refractivity contribution in [3.05, 3.63) is 66.9 Å². The largest absolute Gasteiger partial charge is 0.356 e. The van der Waals surface area contributed by atoms with Crippen LogP contribution in [0, 0.1) is 5.92 Å². The van der Waals surface area contributed by atoms with Crippen LogP contribution in [0.5, 0.6) is 0 Å². The smallest absolute Gasteiger partial charge is 0.321 e. The van der Waals surface area contributed by atoms with E-state index < -0.39 is 0 Å². The lowest BCUT2D eigenvalue weighted by Gasteiger charge is -2.32. The highest BCUT2D eigenvalue weighted by Gasteiger charge is 2.28. The molecule has 6 heteroatoms. The number of hydrogen-bond acceptors (Lipinski definition) is 2. The highest BCUT2D eigenvalue weighted by Crippen LogP contribution is 2.18. The molecule has 156 valence electrons. The average molecular weight is 405 g/mol. The third kappa shape index (κ3) is 4.82. The Bertz CT molecular complexity index is 999. The van der Waals surface area contributed by atoms with Gasteiger partial charge in [0.15, 0.2) is 0 Å². The minimum atomic E-state index is -0.146. The van der Waals surface area contributed by atoms with Crippen molar-refractivity contribution in [2.75, 3.05) is 25.0 Å². The van der Waals surface area contributed by atoms with Crippen molar-refractivity contribution in [2.24, 2.45) is 5.92 Å². The van der Waals surface area contributed by atoms with Gasteiger partial charge in [-0.3, -0.25) is 4.79 Å². The Morgan fingerprint density at radius 3 is 2.67 bits per heavy atom. The van der Waals surface area contributed by atoms with Crippen LogP contribution in [-0.4, -0.2) is 41.0 Å². The van der Waals surface area contributed by atoms with Gasteiger partial charge in [0.1, 0.15) is 0 Å². The van der Waals surface area contributed by atoms with Crippen LogP contribution in [0.3, 0.4) is 0 Å². The highest BCUT2D eigenvalue weighted by molar-refractivity contribution is 5.90. The summed E-state index contributed by atoms with van der Waals surface area (Å²) >= 11 is 0. The second kappa shape index (κ2) is 9.48. The zero-order valence-electron chi connectivity index (χ0n) is 17.1. The molecule has 2 aromatic carbocycles. The fourth-order valence-corrected chi connectivity index (χ4v) is 4.04. The molecule has 0 radical (unpaired) electrons. The molecule has 2 heterocycles. The van der Waals surface area contributed by atoms with Crippen LogP contribution in [0.2, 0.25) is 0 Å². The third-order valence-electron chi connectivity index (χ3n) is 5.66. The Labute approximate surface area is 176 Å². The first-order valence-corrected chi connectivity index (χ1v) is 10.6. The zero-order valence-corrected chi connectivity index (χ0v) is 17.1. The molecule has 1 aromatic heterocycles. The number of carbonyl (C=O) groups excluding carboxylic acids is 2. The second-order valence-corrected chi connectivity index (χ2v) is 7.79. The summed E-state index contributed by atoms with van der Waals surface area (Å²) in [4.78, 5) is 26.9. The van der Waals surface area contributed by atoms with E-state index in [1.54, 1.807) is 4.90 Å². The van der Waals surface area contributed by atoms with E-state index in [4.69, 9.17) is 0 Å². The fraction of sp³-hybridized carbons (Fsp3) is 0.333. The molecule has 1 aliphatic rings. The van der Waals surface area contributed by atoms with Crippen molar-refractivity contribution in [2.45, 2.75) is 25.8 Å². The molecule has 0 spiro atoms. The molecule has 0 bridgehead atoms. The van der Waals surface area contributed by atoms with Gasteiger partial charge < -0.3 is 20.1 Å². The quantitative estimate of drug-likeness (QED) is 0.608. The summed E-state index contributed by atoms with van der Waals surface area (Å²) in [5, 5.41) is 7.20. The Morgan fingerprint density at radius 2 is 1.80 bits per heavy atom. The average Bonchev–Trinajstić information content (AvgIpc) is 3.20. The van der Waals surface area contributed by atoms with Crippen LogP contribution in [0.4, 0.5) is 10.5 Å². The number of anilines is 1. The van der Waals surface area contributed by atoms with Gasteiger partial charge >= 0.3 is 6.03 Å². The first-order valence-electron chi connectivity index (χ1n) is 10.6. The number of urea groups is 1. The first kappa shape index (κ1) is 20.0. The van der Waals surface area contributed by atoms with Gasteiger partial charge in [0.05, 0.1) is 5.92 Å². The number of amides is 3. The number of para-hydroxylation sites is 2. The van der Waals surface area contributed by atoms with Gasteiger partial charge in [-0.1, -0.05) is 36.4 Å². The molecule has 3 amide bonds. The van der Waals surface area contributed by atoms with E-state index in [-0.39, 0.29) is 17.9 Å². The molecular formula is C24H28N4O2. The number of likely N-dealkylation sites (tertiary alicyclic amines) is 1. The van der Waals surface area contributed by atoms with Gasteiger partial charge in [-0.15, -0.1) is 0 Å². The van der Waals surface area contributed by atoms with Crippen LogP contribution in [0.15, 0.2) is 66.9 Å². The molecule has 0 aliphatic carbocycles. The maximum Gasteiger partial charge on any atom is 0.321 e. The molecule has 30 heavy (non-hydrogen) atoms. The van der Waals surface area contributed by atoms with E-state index in [1.165, 1.54) is 10.9 Å². The number of nitrogens with one attached hydrogen (secondary N) is 2. The van der Waals surface area contributed by atoms with Gasteiger partial charge in [-0.2, -0.15) is 0 Å². The molecule has 0 unspecified atom stereocenters. The molecule has 1 atom stereocenters. The zero-order chi connectivity index (χ0) is 20.8. The van der Waals surface area contributed by atoms with Gasteiger partial charge in [0.25, 0.3) is 0 Å². The van der Waals surface area contributed by atoms with Crippen LogP contribution < -0.4 is 10.6 Å². The Morgan fingerprint density at radius 1 is 1.00 bits per heavy atom. The summed E-state index contributed by atoms with van der Waals surface area (Å²) in [6, 6.07) is 19.7. The molecule has 4 rings (SSSR count). The summed E-state index contributed by atoms with van der Waals surface area (Å²) in [6.45, 7) is 2.65. The lowest BCUT2D eigenvalue weighted by Crippen LogP contribution is -2.47. The molecule has 2 N–H and O–H groups in total. The van der Waals surface area contributed by atoms with Gasteiger partial charge in [0, 0.05) is 43.6 Å². The Kier molecular flexibility index (Phi) is 6.32. The van der Waals surface area contributed by atoms with Crippen LogP contribution in [-0.2, 0) is 11.3 Å². The first-order chi connectivity index (χ1) is 14.7. The van der Waals surface area contributed by atoms with Crippen molar-refractivity contribution in [3.63, 3.8) is 0 Å². The summed E-state index contributed by atoms with van der Waals surface area (Å²) in [5.74, 6) is -0.0998. The summed E-state index contributed by atoms with van der Waals surface area (Å²) in [6.07, 6.45) is 4.63. The minimum Gasteiger partial charge on any atom is -0.356 e. The van der Waals surface area contributed by atoms with Gasteiger partial charge in [0.2, 0.25) is 5.91 Å². The SMILES string of the molecule is O=C(NCCCn1ccc2ccccc21)[C@H]1CCCN(C(=O)Nc2ccccc2)C1. The molecule has 6 nitrogen and oxygen atoms in total. The summed E-state index contributed by atoms with van der Waals surface area (Å²) in [5.41, 5.74) is 1.99. The van der Waals surface area contributed by atoms with Crippen LogP contribution in [0.25, 0.3) is 10.9 Å². The number of fused-ring (bicyclic) bond motifs is 1. The molecule has 1 aliphatic heterocycles. The third-order valence-corrected chi connectivity index (χ3v) is 5.66. The predicted molar refractivity (Wildman–Crippen MR) is 119 cm³/mol. The standard InChI is InChI=1S/C24H28N4O2/c29-23(25-14-7-16-27-17-13-19-8-4-5-12-22(19)27)20-9-6-15-28(18-20)24(30)26-21-10-2-1-3-11-21/h1-5,8,10-13,17,20H,6-7,9,14-16,18H2,(H,25,29)(H,26,30)/t20-/m0/s1. The summed E-state index contributed by atoms with van der Waals surface area (Å²) in [7, 11) is 0. The number of aromatic nitrogens is 1.